The van der Waals surface area contributed by atoms with Crippen LogP contribution in [-0.4, -0.2) is 36.5 Å². The molecule has 0 fully saturated rings. The SMILES string of the molecule is O=C(OC(C(F)(F)F)C(F)(F)S(=O)(=O)O)c1cc(I)cc(I)c1. The monoisotopic (exact) mass is 586 g/mol. The molecule has 1 unspecified atom stereocenters. The lowest BCUT2D eigenvalue weighted by Gasteiger charge is -2.26. The van der Waals surface area contributed by atoms with Gasteiger partial charge in [0.25, 0.3) is 6.10 Å². The van der Waals surface area contributed by atoms with Gasteiger partial charge in [-0.15, -0.1) is 0 Å². The first kappa shape index (κ1) is 20.8. The summed E-state index contributed by atoms with van der Waals surface area (Å²) in [6, 6.07) is 3.65. The molecule has 23 heavy (non-hydrogen) atoms. The maximum Gasteiger partial charge on any atom is 0.432 e. The van der Waals surface area contributed by atoms with Crippen LogP contribution in [0.15, 0.2) is 18.2 Å². The van der Waals surface area contributed by atoms with Crippen molar-refractivity contribution in [3.05, 3.63) is 30.9 Å². The van der Waals surface area contributed by atoms with E-state index in [1.165, 1.54) is 6.07 Å². The normalized spacial score (nSPS) is 14.4. The Morgan fingerprint density at radius 2 is 1.52 bits per heavy atom. The Balaban J connectivity index is 3.25. The van der Waals surface area contributed by atoms with E-state index in [9.17, 15) is 35.2 Å². The van der Waals surface area contributed by atoms with Crippen molar-refractivity contribution in [2.75, 3.05) is 0 Å². The van der Waals surface area contributed by atoms with Crippen LogP contribution in [0.3, 0.4) is 0 Å². The summed E-state index contributed by atoms with van der Waals surface area (Å²) in [5, 5.41) is -5.75. The fourth-order valence-electron chi connectivity index (χ4n) is 1.31. The highest BCUT2D eigenvalue weighted by atomic mass is 127. The van der Waals surface area contributed by atoms with Crippen molar-refractivity contribution in [1.29, 1.82) is 0 Å². The Morgan fingerprint density at radius 3 is 1.87 bits per heavy atom. The molecule has 0 aliphatic heterocycles. The molecule has 0 saturated carbocycles. The third-order valence-corrected chi connectivity index (χ3v) is 4.42. The maximum atomic E-state index is 13.3. The molecule has 0 saturated heterocycles. The number of esters is 1. The van der Waals surface area contributed by atoms with Gasteiger partial charge in [0.2, 0.25) is 0 Å². The summed E-state index contributed by atoms with van der Waals surface area (Å²) in [6.45, 7) is 0. The predicted molar refractivity (Wildman–Crippen MR) is 83.6 cm³/mol. The van der Waals surface area contributed by atoms with E-state index in [0.29, 0.717) is 7.14 Å². The molecule has 5 nitrogen and oxygen atoms in total. The van der Waals surface area contributed by atoms with Crippen LogP contribution in [-0.2, 0) is 14.9 Å². The van der Waals surface area contributed by atoms with Gasteiger partial charge >= 0.3 is 27.5 Å². The number of alkyl halides is 5. The van der Waals surface area contributed by atoms with Gasteiger partial charge in [-0.25, -0.2) is 4.79 Å². The number of benzene rings is 1. The largest absolute Gasteiger partial charge is 0.441 e. The van der Waals surface area contributed by atoms with E-state index in [1.54, 1.807) is 45.2 Å². The summed E-state index contributed by atoms with van der Waals surface area (Å²) in [5.41, 5.74) is -0.485. The van der Waals surface area contributed by atoms with E-state index in [1.807, 2.05) is 0 Å². The molecule has 1 aromatic carbocycles. The zero-order valence-electron chi connectivity index (χ0n) is 10.4. The molecule has 1 rings (SSSR count). The van der Waals surface area contributed by atoms with E-state index in [-0.39, 0.29) is 0 Å². The first-order valence-electron chi connectivity index (χ1n) is 5.25. The number of hydrogen-bond donors (Lipinski definition) is 1. The molecular formula is C10H5F5I2O5S. The summed E-state index contributed by atoms with van der Waals surface area (Å²) in [5.74, 6) is -1.81. The van der Waals surface area contributed by atoms with Gasteiger partial charge in [-0.05, 0) is 63.4 Å². The summed E-state index contributed by atoms with van der Waals surface area (Å²) in [7, 11) is -6.46. The van der Waals surface area contributed by atoms with Gasteiger partial charge in [-0.3, -0.25) is 4.55 Å². The van der Waals surface area contributed by atoms with Crippen LogP contribution in [0.2, 0.25) is 0 Å². The maximum absolute atomic E-state index is 13.3. The Bertz CT molecular complexity index is 699. The Hall–Kier alpha value is -0.290. The molecule has 0 heterocycles. The number of ether oxygens (including phenoxy) is 1. The lowest BCUT2D eigenvalue weighted by Crippen LogP contribution is -2.52. The highest BCUT2D eigenvalue weighted by Gasteiger charge is 2.66. The van der Waals surface area contributed by atoms with Gasteiger partial charge in [0.15, 0.2) is 0 Å². The predicted octanol–water partition coefficient (Wildman–Crippen LogP) is 3.46. The van der Waals surface area contributed by atoms with Crippen LogP contribution in [0, 0.1) is 7.14 Å². The first-order valence-corrected chi connectivity index (χ1v) is 8.84. The van der Waals surface area contributed by atoms with Crippen molar-refractivity contribution < 1.29 is 44.5 Å². The summed E-state index contributed by atoms with van der Waals surface area (Å²) in [4.78, 5) is 11.6. The number of carbonyl (C=O) groups excluding carboxylic acids is 1. The van der Waals surface area contributed by atoms with Crippen molar-refractivity contribution >= 4 is 61.3 Å². The van der Waals surface area contributed by atoms with Crippen molar-refractivity contribution in [2.45, 2.75) is 17.5 Å². The standard InChI is InChI=1S/C10H5F5I2O5S/c11-9(12,13)8(10(14,15)23(19,20)21)22-7(18)4-1-5(16)3-6(17)2-4/h1-3,8H,(H,19,20,21). The average Bonchev–Trinajstić information content (AvgIpc) is 2.31. The highest BCUT2D eigenvalue weighted by molar-refractivity contribution is 14.1. The van der Waals surface area contributed by atoms with E-state index in [4.69, 9.17) is 4.55 Å². The van der Waals surface area contributed by atoms with Crippen molar-refractivity contribution in [3.8, 4) is 0 Å². The second-order valence-electron chi connectivity index (χ2n) is 4.02. The molecule has 1 N–H and O–H groups in total. The fourth-order valence-corrected chi connectivity index (χ4v) is 3.70. The molecule has 0 bridgehead atoms. The number of rotatable bonds is 4. The second-order valence-corrected chi connectivity index (χ2v) is 8.01. The third-order valence-electron chi connectivity index (χ3n) is 2.27. The minimum atomic E-state index is -6.46. The summed E-state index contributed by atoms with van der Waals surface area (Å²) < 4.78 is 98.2. The van der Waals surface area contributed by atoms with Crippen LogP contribution in [0.25, 0.3) is 0 Å². The van der Waals surface area contributed by atoms with Crippen molar-refractivity contribution in [2.24, 2.45) is 0 Å². The third kappa shape index (κ3) is 5.09. The van der Waals surface area contributed by atoms with E-state index in [0.717, 1.165) is 12.1 Å². The van der Waals surface area contributed by atoms with Crippen molar-refractivity contribution in [3.63, 3.8) is 0 Å². The molecule has 0 aliphatic carbocycles. The summed E-state index contributed by atoms with van der Waals surface area (Å²) >= 11 is 3.45. The van der Waals surface area contributed by atoms with Gasteiger partial charge in [-0.2, -0.15) is 30.4 Å². The molecule has 0 spiro atoms. The van der Waals surface area contributed by atoms with E-state index >= 15 is 0 Å². The molecule has 130 valence electrons. The van der Waals surface area contributed by atoms with E-state index < -0.39 is 39.2 Å². The van der Waals surface area contributed by atoms with Crippen LogP contribution in [0.4, 0.5) is 22.0 Å². The van der Waals surface area contributed by atoms with Crippen LogP contribution >= 0.6 is 45.2 Å². The second kappa shape index (κ2) is 6.91. The molecule has 0 aromatic heterocycles. The lowest BCUT2D eigenvalue weighted by atomic mass is 10.2. The lowest BCUT2D eigenvalue weighted by molar-refractivity contribution is -0.248. The quantitative estimate of drug-likeness (QED) is 0.253. The Kier molecular flexibility index (Phi) is 6.23. The molecule has 1 aromatic rings. The van der Waals surface area contributed by atoms with Crippen LogP contribution in [0.1, 0.15) is 10.4 Å². The van der Waals surface area contributed by atoms with Gasteiger partial charge in [0.1, 0.15) is 0 Å². The fraction of sp³-hybridized carbons (Fsp3) is 0.300. The molecule has 13 heteroatoms. The van der Waals surface area contributed by atoms with Crippen LogP contribution < -0.4 is 0 Å². The number of carbonyl (C=O) groups is 1. The molecule has 0 aliphatic rings. The zero-order valence-corrected chi connectivity index (χ0v) is 15.6. The minimum absolute atomic E-state index is 0.409. The molecule has 1 atom stereocenters. The van der Waals surface area contributed by atoms with Gasteiger partial charge < -0.3 is 4.74 Å². The Labute approximate surface area is 153 Å². The smallest absolute Gasteiger partial charge is 0.432 e. The highest BCUT2D eigenvalue weighted by Crippen LogP contribution is 2.38. The molecule has 0 amide bonds. The molecule has 0 radical (unpaired) electrons. The van der Waals surface area contributed by atoms with Gasteiger partial charge in [-0.1, -0.05) is 0 Å². The van der Waals surface area contributed by atoms with Crippen molar-refractivity contribution in [1.82, 2.24) is 0 Å². The van der Waals surface area contributed by atoms with E-state index in [2.05, 4.69) is 4.74 Å². The molecular weight excluding hydrogens is 581 g/mol. The number of hydrogen-bond acceptors (Lipinski definition) is 4. The van der Waals surface area contributed by atoms with Crippen LogP contribution in [0.5, 0.6) is 0 Å². The summed E-state index contributed by atoms with van der Waals surface area (Å²) in [6.07, 6.45) is -10.3. The van der Waals surface area contributed by atoms with Gasteiger partial charge in [0.05, 0.1) is 5.56 Å². The van der Waals surface area contributed by atoms with Gasteiger partial charge in [0, 0.05) is 7.14 Å². The minimum Gasteiger partial charge on any atom is -0.441 e. The average molecular weight is 586 g/mol. The number of halogens is 7. The topological polar surface area (TPSA) is 80.7 Å². The first-order chi connectivity index (χ1) is 10.2. The zero-order chi connectivity index (χ0) is 18.2. The Morgan fingerprint density at radius 1 is 1.09 bits per heavy atom.